The number of hydrogen-bond donors (Lipinski definition) is 3. The fraction of sp³-hybridized carbons (Fsp3) is 0.182. The molecule has 1 heterocycles. The topological polar surface area (TPSA) is 75.3 Å². The van der Waals surface area contributed by atoms with Crippen LogP contribution in [0.3, 0.4) is 0 Å². The van der Waals surface area contributed by atoms with Crippen LogP contribution in [0.25, 0.3) is 0 Å². The van der Waals surface area contributed by atoms with Gasteiger partial charge in [-0.2, -0.15) is 0 Å². The number of benzene rings is 2. The van der Waals surface area contributed by atoms with Gasteiger partial charge in [-0.3, -0.25) is 0 Å². The molecule has 1 aromatic heterocycles. The number of anilines is 3. The van der Waals surface area contributed by atoms with E-state index >= 15 is 0 Å². The van der Waals surface area contributed by atoms with Gasteiger partial charge in [0.1, 0.15) is 18.2 Å². The Bertz CT molecular complexity index is 879. The first-order chi connectivity index (χ1) is 13.6. The van der Waals surface area contributed by atoms with Crippen LogP contribution >= 0.6 is 0 Å². The SMILES string of the molecule is CC(C)NC(=O)Nc1ccc(Nc2ccc(OCc3ccccc3)cc2)nc1. The Morgan fingerprint density at radius 3 is 2.32 bits per heavy atom. The summed E-state index contributed by atoms with van der Waals surface area (Å²) in [5.74, 6) is 1.49. The highest BCUT2D eigenvalue weighted by atomic mass is 16.5. The number of nitrogens with one attached hydrogen (secondary N) is 3. The minimum atomic E-state index is -0.247. The summed E-state index contributed by atoms with van der Waals surface area (Å²) < 4.78 is 5.79. The molecule has 28 heavy (non-hydrogen) atoms. The smallest absolute Gasteiger partial charge is 0.319 e. The summed E-state index contributed by atoms with van der Waals surface area (Å²) in [7, 11) is 0. The van der Waals surface area contributed by atoms with E-state index in [1.165, 1.54) is 0 Å². The monoisotopic (exact) mass is 376 g/mol. The van der Waals surface area contributed by atoms with Crippen molar-refractivity contribution in [1.82, 2.24) is 10.3 Å². The Balaban J connectivity index is 1.51. The van der Waals surface area contributed by atoms with E-state index in [9.17, 15) is 4.79 Å². The predicted molar refractivity (Wildman–Crippen MR) is 112 cm³/mol. The van der Waals surface area contributed by atoms with Crippen LogP contribution in [-0.4, -0.2) is 17.1 Å². The molecule has 6 heteroatoms. The highest BCUT2D eigenvalue weighted by Gasteiger charge is 2.04. The molecule has 0 atom stereocenters. The summed E-state index contributed by atoms with van der Waals surface area (Å²) in [6, 6.07) is 21.2. The summed E-state index contributed by atoms with van der Waals surface area (Å²) in [5, 5.41) is 8.73. The maximum absolute atomic E-state index is 11.7. The standard InChI is InChI=1S/C22H24N4O2/c1-16(2)24-22(27)26-19-10-13-21(23-14-19)25-18-8-11-20(12-9-18)28-15-17-6-4-3-5-7-17/h3-14,16H,15H2,1-2H3,(H,23,25)(H2,24,26,27). The number of rotatable bonds is 7. The Morgan fingerprint density at radius 1 is 0.964 bits per heavy atom. The van der Waals surface area contributed by atoms with Crippen molar-refractivity contribution >= 4 is 23.2 Å². The molecule has 0 bridgehead atoms. The molecular formula is C22H24N4O2. The van der Waals surface area contributed by atoms with Crippen LogP contribution in [0.15, 0.2) is 72.9 Å². The third-order valence-electron chi connectivity index (χ3n) is 3.82. The van der Waals surface area contributed by atoms with E-state index < -0.39 is 0 Å². The molecule has 3 N–H and O–H groups in total. The van der Waals surface area contributed by atoms with E-state index in [1.54, 1.807) is 12.3 Å². The first-order valence-electron chi connectivity index (χ1n) is 9.16. The summed E-state index contributed by atoms with van der Waals surface area (Å²) in [6.45, 7) is 4.35. The lowest BCUT2D eigenvalue weighted by Gasteiger charge is -2.11. The van der Waals surface area contributed by atoms with E-state index in [0.29, 0.717) is 18.1 Å². The molecule has 2 amide bonds. The normalized spacial score (nSPS) is 10.4. The Hall–Kier alpha value is -3.54. The van der Waals surface area contributed by atoms with Crippen molar-refractivity contribution in [3.63, 3.8) is 0 Å². The highest BCUT2D eigenvalue weighted by molar-refractivity contribution is 5.89. The zero-order valence-corrected chi connectivity index (χ0v) is 16.0. The van der Waals surface area contributed by atoms with Crippen molar-refractivity contribution in [1.29, 1.82) is 0 Å². The summed E-state index contributed by atoms with van der Waals surface area (Å²) >= 11 is 0. The van der Waals surface area contributed by atoms with Crippen LogP contribution < -0.4 is 20.7 Å². The fourth-order valence-electron chi connectivity index (χ4n) is 2.49. The molecule has 0 spiro atoms. The molecule has 2 aromatic carbocycles. The molecule has 0 fully saturated rings. The second kappa shape index (κ2) is 9.41. The van der Waals surface area contributed by atoms with Gasteiger partial charge in [-0.15, -0.1) is 0 Å². The van der Waals surface area contributed by atoms with Crippen molar-refractivity contribution in [2.45, 2.75) is 26.5 Å². The molecule has 3 rings (SSSR count). The van der Waals surface area contributed by atoms with Crippen LogP contribution in [0.4, 0.5) is 22.0 Å². The summed E-state index contributed by atoms with van der Waals surface area (Å²) in [5.41, 5.74) is 2.66. The van der Waals surface area contributed by atoms with E-state index in [0.717, 1.165) is 17.0 Å². The summed E-state index contributed by atoms with van der Waals surface area (Å²) in [4.78, 5) is 16.0. The molecule has 0 aliphatic rings. The maximum Gasteiger partial charge on any atom is 0.319 e. The minimum absolute atomic E-state index is 0.0774. The Morgan fingerprint density at radius 2 is 1.68 bits per heavy atom. The first-order valence-corrected chi connectivity index (χ1v) is 9.16. The Kier molecular flexibility index (Phi) is 6.46. The lowest BCUT2D eigenvalue weighted by atomic mass is 10.2. The van der Waals surface area contributed by atoms with Gasteiger partial charge in [-0.25, -0.2) is 9.78 Å². The number of carbonyl (C=O) groups is 1. The van der Waals surface area contributed by atoms with Gasteiger partial charge in [0.2, 0.25) is 0 Å². The number of urea groups is 1. The molecule has 0 radical (unpaired) electrons. The zero-order valence-electron chi connectivity index (χ0n) is 16.0. The second-order valence-corrected chi connectivity index (χ2v) is 6.61. The van der Waals surface area contributed by atoms with Gasteiger partial charge in [-0.05, 0) is 55.8 Å². The highest BCUT2D eigenvalue weighted by Crippen LogP contribution is 2.20. The number of ether oxygens (including phenoxy) is 1. The van der Waals surface area contributed by atoms with Crippen molar-refractivity contribution in [3.05, 3.63) is 78.5 Å². The molecular weight excluding hydrogens is 352 g/mol. The van der Waals surface area contributed by atoms with Crippen LogP contribution in [0.1, 0.15) is 19.4 Å². The lowest BCUT2D eigenvalue weighted by Crippen LogP contribution is -2.34. The average Bonchev–Trinajstić information content (AvgIpc) is 2.69. The van der Waals surface area contributed by atoms with Gasteiger partial charge in [-0.1, -0.05) is 30.3 Å². The number of carbonyl (C=O) groups excluding carboxylic acids is 1. The van der Waals surface area contributed by atoms with Crippen molar-refractivity contribution in [3.8, 4) is 5.75 Å². The number of nitrogens with zero attached hydrogens (tertiary/aromatic N) is 1. The first kappa shape index (κ1) is 19.2. The minimum Gasteiger partial charge on any atom is -0.489 e. The van der Waals surface area contributed by atoms with Crippen molar-refractivity contribution < 1.29 is 9.53 Å². The van der Waals surface area contributed by atoms with E-state index in [-0.39, 0.29) is 12.1 Å². The van der Waals surface area contributed by atoms with Crippen LogP contribution in [0.5, 0.6) is 5.75 Å². The number of amides is 2. The average molecular weight is 376 g/mol. The predicted octanol–water partition coefficient (Wildman–Crippen LogP) is 4.93. The third-order valence-corrected chi connectivity index (χ3v) is 3.82. The van der Waals surface area contributed by atoms with Gasteiger partial charge < -0.3 is 20.7 Å². The number of aromatic nitrogens is 1. The molecule has 0 saturated heterocycles. The summed E-state index contributed by atoms with van der Waals surface area (Å²) in [6.07, 6.45) is 1.61. The van der Waals surface area contributed by atoms with Crippen LogP contribution in [0, 0.1) is 0 Å². The maximum atomic E-state index is 11.7. The van der Waals surface area contributed by atoms with E-state index in [2.05, 4.69) is 20.9 Å². The largest absolute Gasteiger partial charge is 0.489 e. The quantitative estimate of drug-likeness (QED) is 0.546. The van der Waals surface area contributed by atoms with Gasteiger partial charge >= 0.3 is 6.03 Å². The lowest BCUT2D eigenvalue weighted by molar-refractivity contribution is 0.250. The molecule has 0 aliphatic heterocycles. The number of pyridine rings is 1. The molecule has 0 saturated carbocycles. The van der Waals surface area contributed by atoms with E-state index in [1.807, 2.05) is 74.5 Å². The van der Waals surface area contributed by atoms with Crippen molar-refractivity contribution in [2.75, 3.05) is 10.6 Å². The second-order valence-electron chi connectivity index (χ2n) is 6.61. The fourth-order valence-corrected chi connectivity index (χ4v) is 2.49. The Labute approximate surface area is 165 Å². The zero-order chi connectivity index (χ0) is 19.8. The molecule has 0 aliphatic carbocycles. The molecule has 3 aromatic rings. The van der Waals surface area contributed by atoms with Gasteiger partial charge in [0, 0.05) is 11.7 Å². The van der Waals surface area contributed by atoms with Crippen LogP contribution in [0.2, 0.25) is 0 Å². The van der Waals surface area contributed by atoms with Gasteiger partial charge in [0.05, 0.1) is 11.9 Å². The van der Waals surface area contributed by atoms with E-state index in [4.69, 9.17) is 4.74 Å². The molecule has 144 valence electrons. The van der Waals surface area contributed by atoms with Gasteiger partial charge in [0.25, 0.3) is 0 Å². The third kappa shape index (κ3) is 6.02. The van der Waals surface area contributed by atoms with Crippen molar-refractivity contribution in [2.24, 2.45) is 0 Å². The van der Waals surface area contributed by atoms with Gasteiger partial charge in [0.15, 0.2) is 0 Å². The van der Waals surface area contributed by atoms with Crippen LogP contribution in [-0.2, 0) is 6.61 Å². The molecule has 0 unspecified atom stereocenters. The number of hydrogen-bond acceptors (Lipinski definition) is 4. The molecule has 6 nitrogen and oxygen atoms in total.